The van der Waals surface area contributed by atoms with Crippen LogP contribution in [0, 0.1) is 20.8 Å². The van der Waals surface area contributed by atoms with Crippen LogP contribution in [0.25, 0.3) is 0 Å². The second-order valence-electron chi connectivity index (χ2n) is 10.9. The number of hydrogen-bond donors (Lipinski definition) is 1. The lowest BCUT2D eigenvalue weighted by Crippen LogP contribution is -2.53. The van der Waals surface area contributed by atoms with Crippen molar-refractivity contribution < 1.29 is 18.0 Å². The van der Waals surface area contributed by atoms with Gasteiger partial charge in [-0.3, -0.25) is 13.9 Å². The third-order valence-electron chi connectivity index (χ3n) is 6.14. The number of benzene rings is 2. The van der Waals surface area contributed by atoms with Crippen LogP contribution < -0.4 is 9.62 Å². The molecule has 2 amide bonds. The minimum absolute atomic E-state index is 0.127. The lowest BCUT2D eigenvalue weighted by molar-refractivity contribution is -0.142. The van der Waals surface area contributed by atoms with Gasteiger partial charge in [0.1, 0.15) is 6.04 Å². The molecule has 0 fully saturated rings. The molecule has 8 heteroatoms. The molecule has 0 radical (unpaired) electrons. The van der Waals surface area contributed by atoms with Crippen molar-refractivity contribution in [1.29, 1.82) is 0 Å². The van der Waals surface area contributed by atoms with E-state index < -0.39 is 21.6 Å². The molecular formula is C29H43N3O4S. The van der Waals surface area contributed by atoms with Gasteiger partial charge in [0, 0.05) is 25.0 Å². The molecular weight excluding hydrogens is 486 g/mol. The van der Waals surface area contributed by atoms with Gasteiger partial charge < -0.3 is 10.2 Å². The third kappa shape index (κ3) is 9.18. The van der Waals surface area contributed by atoms with Crippen molar-refractivity contribution in [3.8, 4) is 0 Å². The van der Waals surface area contributed by atoms with Crippen molar-refractivity contribution in [2.45, 2.75) is 85.9 Å². The molecule has 0 heterocycles. The van der Waals surface area contributed by atoms with E-state index in [9.17, 15) is 18.0 Å². The van der Waals surface area contributed by atoms with Crippen molar-refractivity contribution in [3.05, 3.63) is 64.7 Å². The Bertz CT molecular complexity index is 1180. The first-order valence-corrected chi connectivity index (χ1v) is 14.7. The second-order valence-corrected chi connectivity index (χ2v) is 12.8. The predicted octanol–water partition coefficient (Wildman–Crippen LogP) is 4.88. The number of hydrogen-bond acceptors (Lipinski definition) is 4. The van der Waals surface area contributed by atoms with Crippen LogP contribution in [0.3, 0.4) is 0 Å². The standard InChI is InChI=1S/C29H43N3O4S/c1-9-25(28(34)30-29(5,6)7)31(20-24-16-13-21(2)14-17-24)27(33)11-10-18-32(37(8,35)36)26-19-22(3)12-15-23(26)4/h12-17,19,25H,9-11,18,20H2,1-8H3,(H,30,34). The molecule has 1 N–H and O–H groups in total. The summed E-state index contributed by atoms with van der Waals surface area (Å²) in [5, 5.41) is 3.01. The van der Waals surface area contributed by atoms with Gasteiger partial charge in [0.05, 0.1) is 11.9 Å². The summed E-state index contributed by atoms with van der Waals surface area (Å²) >= 11 is 0. The Kier molecular flexibility index (Phi) is 10.3. The lowest BCUT2D eigenvalue weighted by Gasteiger charge is -2.33. The molecule has 1 atom stereocenters. The van der Waals surface area contributed by atoms with Crippen LogP contribution in [0.2, 0.25) is 0 Å². The summed E-state index contributed by atoms with van der Waals surface area (Å²) in [5.74, 6) is -0.366. The van der Waals surface area contributed by atoms with E-state index in [2.05, 4.69) is 5.32 Å². The number of carbonyl (C=O) groups excluding carboxylic acids is 2. The van der Waals surface area contributed by atoms with Gasteiger partial charge in [-0.1, -0.05) is 48.9 Å². The van der Waals surface area contributed by atoms with Gasteiger partial charge in [-0.05, 0) is 77.1 Å². The third-order valence-corrected chi connectivity index (χ3v) is 7.32. The Morgan fingerprint density at radius 2 is 1.57 bits per heavy atom. The Balaban J connectivity index is 2.27. The largest absolute Gasteiger partial charge is 0.350 e. The van der Waals surface area contributed by atoms with Crippen LogP contribution in [-0.4, -0.2) is 49.5 Å². The molecule has 0 bridgehead atoms. The Morgan fingerprint density at radius 3 is 2.11 bits per heavy atom. The van der Waals surface area contributed by atoms with Crippen LogP contribution in [0.4, 0.5) is 5.69 Å². The van der Waals surface area contributed by atoms with E-state index >= 15 is 0 Å². The summed E-state index contributed by atoms with van der Waals surface area (Å²) < 4.78 is 26.6. The summed E-state index contributed by atoms with van der Waals surface area (Å²) in [7, 11) is -3.54. The zero-order chi connectivity index (χ0) is 28.0. The number of carbonyl (C=O) groups is 2. The SMILES string of the molecule is CCC(C(=O)NC(C)(C)C)N(Cc1ccc(C)cc1)C(=O)CCCN(c1cc(C)ccc1C)S(C)(=O)=O. The normalized spacial score (nSPS) is 12.6. The van der Waals surface area contributed by atoms with Crippen molar-refractivity contribution in [1.82, 2.24) is 10.2 Å². The Morgan fingerprint density at radius 1 is 0.973 bits per heavy atom. The fraction of sp³-hybridized carbons (Fsp3) is 0.517. The molecule has 204 valence electrons. The molecule has 0 aliphatic carbocycles. The van der Waals surface area contributed by atoms with E-state index in [1.807, 2.05) is 90.9 Å². The highest BCUT2D eigenvalue weighted by atomic mass is 32.2. The molecule has 2 aromatic carbocycles. The quantitative estimate of drug-likeness (QED) is 0.449. The van der Waals surface area contributed by atoms with Crippen molar-refractivity contribution in [2.75, 3.05) is 17.1 Å². The summed E-state index contributed by atoms with van der Waals surface area (Å²) in [4.78, 5) is 28.3. The molecule has 0 spiro atoms. The molecule has 37 heavy (non-hydrogen) atoms. The van der Waals surface area contributed by atoms with Gasteiger partial charge in [-0.2, -0.15) is 0 Å². The molecule has 0 saturated carbocycles. The average Bonchev–Trinajstić information content (AvgIpc) is 2.77. The molecule has 0 aromatic heterocycles. The van der Waals surface area contributed by atoms with Gasteiger partial charge in [-0.15, -0.1) is 0 Å². The lowest BCUT2D eigenvalue weighted by atomic mass is 10.0. The highest BCUT2D eigenvalue weighted by Gasteiger charge is 2.30. The monoisotopic (exact) mass is 529 g/mol. The first-order valence-electron chi connectivity index (χ1n) is 12.8. The van der Waals surface area contributed by atoms with E-state index in [1.165, 1.54) is 10.6 Å². The van der Waals surface area contributed by atoms with Crippen molar-refractivity contribution in [2.24, 2.45) is 0 Å². The molecule has 2 aromatic rings. The number of anilines is 1. The minimum atomic E-state index is -3.54. The first-order chi connectivity index (χ1) is 17.1. The summed E-state index contributed by atoms with van der Waals surface area (Å²) in [6.07, 6.45) is 2.12. The number of amides is 2. The zero-order valence-corrected chi connectivity index (χ0v) is 24.4. The molecule has 2 rings (SSSR count). The fourth-order valence-corrected chi connectivity index (χ4v) is 5.25. The smallest absolute Gasteiger partial charge is 0.243 e. The maximum absolute atomic E-state index is 13.6. The Hall–Kier alpha value is -2.87. The zero-order valence-electron chi connectivity index (χ0n) is 23.6. The van der Waals surface area contributed by atoms with E-state index in [4.69, 9.17) is 0 Å². The minimum Gasteiger partial charge on any atom is -0.350 e. The number of aryl methyl sites for hydroxylation is 3. The van der Waals surface area contributed by atoms with Crippen LogP contribution in [0.1, 0.15) is 69.2 Å². The van der Waals surface area contributed by atoms with Crippen LogP contribution in [-0.2, 0) is 26.2 Å². The van der Waals surface area contributed by atoms with Gasteiger partial charge >= 0.3 is 0 Å². The van der Waals surface area contributed by atoms with Gasteiger partial charge in [0.25, 0.3) is 0 Å². The van der Waals surface area contributed by atoms with Crippen molar-refractivity contribution in [3.63, 3.8) is 0 Å². The van der Waals surface area contributed by atoms with Crippen LogP contribution in [0.5, 0.6) is 0 Å². The molecule has 0 saturated heterocycles. The van der Waals surface area contributed by atoms with Crippen LogP contribution >= 0.6 is 0 Å². The number of nitrogens with zero attached hydrogens (tertiary/aromatic N) is 2. The maximum atomic E-state index is 13.6. The second kappa shape index (κ2) is 12.6. The average molecular weight is 530 g/mol. The topological polar surface area (TPSA) is 86.8 Å². The van der Waals surface area contributed by atoms with Gasteiger partial charge in [0.2, 0.25) is 21.8 Å². The fourth-order valence-electron chi connectivity index (χ4n) is 4.23. The van der Waals surface area contributed by atoms with Crippen molar-refractivity contribution >= 4 is 27.5 Å². The van der Waals surface area contributed by atoms with E-state index in [-0.39, 0.29) is 24.8 Å². The highest BCUT2D eigenvalue weighted by molar-refractivity contribution is 7.92. The highest BCUT2D eigenvalue weighted by Crippen LogP contribution is 2.25. The molecule has 0 aliphatic heterocycles. The first kappa shape index (κ1) is 30.4. The summed E-state index contributed by atoms with van der Waals surface area (Å²) in [6, 6.07) is 13.0. The number of nitrogens with one attached hydrogen (secondary N) is 1. The van der Waals surface area contributed by atoms with E-state index in [0.717, 1.165) is 22.3 Å². The molecule has 1 unspecified atom stereocenters. The number of rotatable bonds is 11. The predicted molar refractivity (Wildman–Crippen MR) is 151 cm³/mol. The van der Waals surface area contributed by atoms with Crippen LogP contribution in [0.15, 0.2) is 42.5 Å². The van der Waals surface area contributed by atoms with Gasteiger partial charge in [-0.25, -0.2) is 8.42 Å². The molecule has 7 nitrogen and oxygen atoms in total. The van der Waals surface area contributed by atoms with E-state index in [1.54, 1.807) is 4.90 Å². The molecule has 0 aliphatic rings. The van der Waals surface area contributed by atoms with Gasteiger partial charge in [0.15, 0.2) is 0 Å². The summed E-state index contributed by atoms with van der Waals surface area (Å²) in [5.41, 5.74) is 4.08. The number of sulfonamides is 1. The van der Waals surface area contributed by atoms with E-state index in [0.29, 0.717) is 25.1 Å². The Labute approximate surface area is 223 Å². The summed E-state index contributed by atoms with van der Waals surface area (Å²) in [6.45, 7) is 13.9. The maximum Gasteiger partial charge on any atom is 0.243 e.